The highest BCUT2D eigenvalue weighted by Crippen LogP contribution is 2.61. The first-order chi connectivity index (χ1) is 12.4. The van der Waals surface area contributed by atoms with Crippen molar-refractivity contribution < 1.29 is 9.53 Å². The monoisotopic (exact) mass is 420 g/mol. The Balaban J connectivity index is 1.44. The van der Waals surface area contributed by atoms with Crippen LogP contribution in [0.5, 0.6) is 5.75 Å². The molecule has 1 aromatic carbocycles. The summed E-state index contributed by atoms with van der Waals surface area (Å²) in [7, 11) is 0. The standard InChI is InChI=1S/C21H29BrN2O2/c1-13(21-8-14-4-15(9-21)6-16(5-14)10-21)24-11-17-7-18(22)2-3-19(17)26-12-20(23)25/h2-3,7,13-16,24H,4-6,8-12H2,1H3,(H2,23,25)/t13-,14?,15?,16?,21?/m1/s1. The normalized spacial score (nSPS) is 33.2. The number of nitrogens with one attached hydrogen (secondary N) is 1. The fourth-order valence-corrected chi connectivity index (χ4v) is 6.57. The van der Waals surface area contributed by atoms with E-state index in [4.69, 9.17) is 10.5 Å². The van der Waals surface area contributed by atoms with Crippen molar-refractivity contribution in [2.45, 2.75) is 58.0 Å². The van der Waals surface area contributed by atoms with Crippen molar-refractivity contribution in [3.63, 3.8) is 0 Å². The molecule has 5 rings (SSSR count). The van der Waals surface area contributed by atoms with Gasteiger partial charge in [0.05, 0.1) is 0 Å². The smallest absolute Gasteiger partial charge is 0.255 e. The molecule has 26 heavy (non-hydrogen) atoms. The Kier molecular flexibility index (Phi) is 5.04. The molecular formula is C21H29BrN2O2. The van der Waals surface area contributed by atoms with Gasteiger partial charge in [0.15, 0.2) is 6.61 Å². The van der Waals surface area contributed by atoms with Crippen LogP contribution in [0, 0.1) is 23.2 Å². The average Bonchev–Trinajstić information content (AvgIpc) is 2.57. The van der Waals surface area contributed by atoms with Crippen molar-refractivity contribution in [1.82, 2.24) is 5.32 Å². The van der Waals surface area contributed by atoms with Crippen LogP contribution in [-0.2, 0) is 11.3 Å². The van der Waals surface area contributed by atoms with Gasteiger partial charge in [-0.15, -0.1) is 0 Å². The molecule has 4 fully saturated rings. The molecule has 3 N–H and O–H groups in total. The number of halogens is 1. The second kappa shape index (κ2) is 7.16. The average molecular weight is 421 g/mol. The van der Waals surface area contributed by atoms with E-state index in [0.29, 0.717) is 11.5 Å². The zero-order chi connectivity index (χ0) is 18.3. The maximum atomic E-state index is 11.0. The SMILES string of the molecule is C[C@@H](NCc1cc(Br)ccc1OCC(N)=O)C12CC3CC(CC(C3)C1)C2. The topological polar surface area (TPSA) is 64.3 Å². The Morgan fingerprint density at radius 1 is 1.27 bits per heavy atom. The van der Waals surface area contributed by atoms with Gasteiger partial charge in [-0.1, -0.05) is 15.9 Å². The molecule has 4 nitrogen and oxygen atoms in total. The summed E-state index contributed by atoms with van der Waals surface area (Å²) in [6.45, 7) is 3.03. The predicted molar refractivity (Wildman–Crippen MR) is 106 cm³/mol. The summed E-state index contributed by atoms with van der Waals surface area (Å²) in [5.74, 6) is 3.17. The molecule has 4 aliphatic carbocycles. The number of carbonyl (C=O) groups excluding carboxylic acids is 1. The van der Waals surface area contributed by atoms with Gasteiger partial charge in [0, 0.05) is 22.6 Å². The Hall–Kier alpha value is -1.07. The summed E-state index contributed by atoms with van der Waals surface area (Å²) >= 11 is 3.54. The maximum absolute atomic E-state index is 11.0. The van der Waals surface area contributed by atoms with Crippen molar-refractivity contribution >= 4 is 21.8 Å². The molecule has 0 saturated heterocycles. The highest BCUT2D eigenvalue weighted by atomic mass is 79.9. The molecular weight excluding hydrogens is 392 g/mol. The van der Waals surface area contributed by atoms with Crippen LogP contribution in [0.3, 0.4) is 0 Å². The molecule has 5 heteroatoms. The number of ether oxygens (including phenoxy) is 1. The van der Waals surface area contributed by atoms with E-state index >= 15 is 0 Å². The van der Waals surface area contributed by atoms with Gasteiger partial charge >= 0.3 is 0 Å². The van der Waals surface area contributed by atoms with Gasteiger partial charge in [-0.05, 0) is 86.8 Å². The molecule has 0 unspecified atom stereocenters. The molecule has 0 spiro atoms. The number of hydrogen-bond acceptors (Lipinski definition) is 3. The molecule has 0 aromatic heterocycles. The molecule has 4 saturated carbocycles. The summed E-state index contributed by atoms with van der Waals surface area (Å²) < 4.78 is 6.62. The van der Waals surface area contributed by atoms with E-state index in [1.54, 1.807) is 0 Å². The van der Waals surface area contributed by atoms with E-state index in [-0.39, 0.29) is 6.61 Å². The Labute approximate surface area is 164 Å². The lowest BCUT2D eigenvalue weighted by atomic mass is 9.48. The van der Waals surface area contributed by atoms with Gasteiger partial charge in [0.1, 0.15) is 5.75 Å². The highest BCUT2D eigenvalue weighted by Gasteiger charge is 2.52. The van der Waals surface area contributed by atoms with Crippen molar-refractivity contribution in [2.75, 3.05) is 6.61 Å². The first kappa shape index (κ1) is 18.3. The minimum absolute atomic E-state index is 0.0842. The second-order valence-corrected chi connectivity index (χ2v) is 9.81. The lowest BCUT2D eigenvalue weighted by Crippen LogP contribution is -2.54. The van der Waals surface area contributed by atoms with Gasteiger partial charge in [-0.3, -0.25) is 4.79 Å². The first-order valence-corrected chi connectivity index (χ1v) is 10.7. The summed E-state index contributed by atoms with van der Waals surface area (Å²) in [6.07, 6.45) is 8.62. The van der Waals surface area contributed by atoms with Crippen LogP contribution < -0.4 is 15.8 Å². The van der Waals surface area contributed by atoms with Crippen LogP contribution in [0.2, 0.25) is 0 Å². The maximum Gasteiger partial charge on any atom is 0.255 e. The van der Waals surface area contributed by atoms with Crippen LogP contribution in [0.25, 0.3) is 0 Å². The van der Waals surface area contributed by atoms with Crippen molar-refractivity contribution in [3.05, 3.63) is 28.2 Å². The summed E-state index contributed by atoms with van der Waals surface area (Å²) in [5.41, 5.74) is 6.77. The van der Waals surface area contributed by atoms with Crippen LogP contribution >= 0.6 is 15.9 Å². The molecule has 1 atom stereocenters. The van der Waals surface area contributed by atoms with Gasteiger partial charge in [-0.25, -0.2) is 0 Å². The van der Waals surface area contributed by atoms with Crippen LogP contribution in [0.15, 0.2) is 22.7 Å². The van der Waals surface area contributed by atoms with Crippen molar-refractivity contribution in [1.29, 1.82) is 0 Å². The third-order valence-electron chi connectivity index (χ3n) is 7.00. The molecule has 142 valence electrons. The molecule has 4 bridgehead atoms. The van der Waals surface area contributed by atoms with Crippen LogP contribution in [0.4, 0.5) is 0 Å². The van der Waals surface area contributed by atoms with E-state index in [0.717, 1.165) is 40.1 Å². The Morgan fingerprint density at radius 2 is 1.88 bits per heavy atom. The molecule has 4 aliphatic rings. The van der Waals surface area contributed by atoms with Crippen LogP contribution in [0.1, 0.15) is 51.0 Å². The van der Waals surface area contributed by atoms with E-state index in [1.165, 1.54) is 38.5 Å². The minimum atomic E-state index is -0.450. The van der Waals surface area contributed by atoms with E-state index in [2.05, 4.69) is 34.2 Å². The summed E-state index contributed by atoms with van der Waals surface area (Å²) in [6, 6.07) is 6.40. The lowest BCUT2D eigenvalue weighted by molar-refractivity contribution is -0.119. The lowest BCUT2D eigenvalue weighted by Gasteiger charge is -2.59. The summed E-state index contributed by atoms with van der Waals surface area (Å²) in [4.78, 5) is 11.0. The van der Waals surface area contributed by atoms with E-state index < -0.39 is 5.91 Å². The van der Waals surface area contributed by atoms with Gasteiger partial charge in [0.2, 0.25) is 0 Å². The third kappa shape index (κ3) is 3.65. The minimum Gasteiger partial charge on any atom is -0.483 e. The number of nitrogens with two attached hydrogens (primary N) is 1. The number of carbonyl (C=O) groups is 1. The van der Waals surface area contributed by atoms with E-state index in [1.807, 2.05) is 12.1 Å². The molecule has 0 radical (unpaired) electrons. The Bertz CT molecular complexity index is 655. The zero-order valence-electron chi connectivity index (χ0n) is 15.5. The fourth-order valence-electron chi connectivity index (χ4n) is 6.16. The molecule has 1 aromatic rings. The van der Waals surface area contributed by atoms with Crippen molar-refractivity contribution in [2.24, 2.45) is 28.9 Å². The largest absolute Gasteiger partial charge is 0.483 e. The van der Waals surface area contributed by atoms with Crippen molar-refractivity contribution in [3.8, 4) is 5.75 Å². The second-order valence-electron chi connectivity index (χ2n) is 8.89. The zero-order valence-corrected chi connectivity index (χ0v) is 17.1. The molecule has 0 heterocycles. The van der Waals surface area contributed by atoms with Gasteiger partial charge < -0.3 is 15.8 Å². The van der Waals surface area contributed by atoms with E-state index in [9.17, 15) is 4.79 Å². The fraction of sp³-hybridized carbons (Fsp3) is 0.667. The third-order valence-corrected chi connectivity index (χ3v) is 7.49. The number of hydrogen-bond donors (Lipinski definition) is 2. The van der Waals surface area contributed by atoms with Gasteiger partial charge in [-0.2, -0.15) is 0 Å². The quantitative estimate of drug-likeness (QED) is 0.700. The number of benzene rings is 1. The first-order valence-electron chi connectivity index (χ1n) is 9.86. The van der Waals surface area contributed by atoms with Crippen LogP contribution in [-0.4, -0.2) is 18.6 Å². The summed E-state index contributed by atoms with van der Waals surface area (Å²) in [5, 5.41) is 3.79. The van der Waals surface area contributed by atoms with Gasteiger partial charge in [0.25, 0.3) is 5.91 Å². The molecule has 1 amide bonds. The molecule has 0 aliphatic heterocycles. The number of amides is 1. The highest BCUT2D eigenvalue weighted by molar-refractivity contribution is 9.10. The number of primary amides is 1. The number of rotatable bonds is 7. The Morgan fingerprint density at radius 3 is 2.46 bits per heavy atom. The predicted octanol–water partition coefficient (Wildman–Crippen LogP) is 4.01.